The average Bonchev–Trinajstić information content (AvgIpc) is 2.37. The maximum Gasteiger partial charge on any atom is 0.120 e. The molecule has 18 heavy (non-hydrogen) atoms. The van der Waals surface area contributed by atoms with Crippen molar-refractivity contribution >= 4 is 15.9 Å². The largest absolute Gasteiger partial charge is 0.508 e. The van der Waals surface area contributed by atoms with Crippen molar-refractivity contribution in [2.24, 2.45) is 5.92 Å². The highest BCUT2D eigenvalue weighted by Crippen LogP contribution is 2.31. The van der Waals surface area contributed by atoms with Crippen molar-refractivity contribution in [3.63, 3.8) is 0 Å². The first kappa shape index (κ1) is 15.5. The van der Waals surface area contributed by atoms with E-state index in [1.807, 2.05) is 12.1 Å². The van der Waals surface area contributed by atoms with E-state index in [0.29, 0.717) is 11.7 Å². The lowest BCUT2D eigenvalue weighted by atomic mass is 10.0. The van der Waals surface area contributed by atoms with E-state index in [4.69, 9.17) is 0 Å². The van der Waals surface area contributed by atoms with Gasteiger partial charge in [0.15, 0.2) is 0 Å². The fourth-order valence-electron chi connectivity index (χ4n) is 2.15. The molecule has 0 aromatic heterocycles. The molecule has 0 spiro atoms. The van der Waals surface area contributed by atoms with Gasteiger partial charge in [0.05, 0.1) is 0 Å². The Morgan fingerprint density at radius 2 is 1.94 bits per heavy atom. The standard InChI is InChI=1S/C15H24BrNO/c1-5-11(3)10-17(6-2)12(4)14-9-13(16)7-8-15(14)18/h7-9,11-12,18H,5-6,10H2,1-4H3. The highest BCUT2D eigenvalue weighted by Gasteiger charge is 2.19. The van der Waals surface area contributed by atoms with Crippen LogP contribution in [0.3, 0.4) is 0 Å². The molecule has 0 saturated heterocycles. The van der Waals surface area contributed by atoms with Gasteiger partial charge in [0.2, 0.25) is 0 Å². The number of halogens is 1. The Kier molecular flexibility index (Phi) is 6.16. The number of aromatic hydroxyl groups is 1. The Bertz CT molecular complexity index is 381. The fraction of sp³-hybridized carbons (Fsp3) is 0.600. The molecule has 0 aliphatic rings. The maximum absolute atomic E-state index is 9.99. The minimum atomic E-state index is 0.237. The predicted molar refractivity (Wildman–Crippen MR) is 80.9 cm³/mol. The SMILES string of the molecule is CCC(C)CN(CC)C(C)c1cc(Br)ccc1O. The first-order valence-corrected chi connectivity index (χ1v) is 7.51. The number of phenolic OH excluding ortho intramolecular Hbond substituents is 1. The molecule has 102 valence electrons. The van der Waals surface area contributed by atoms with Crippen molar-refractivity contribution in [3.8, 4) is 5.75 Å². The molecule has 2 atom stereocenters. The van der Waals surface area contributed by atoms with Gasteiger partial charge in [-0.25, -0.2) is 0 Å². The summed E-state index contributed by atoms with van der Waals surface area (Å²) in [5.41, 5.74) is 0.995. The van der Waals surface area contributed by atoms with Crippen LogP contribution in [0.15, 0.2) is 22.7 Å². The van der Waals surface area contributed by atoms with Gasteiger partial charge in [-0.1, -0.05) is 43.1 Å². The zero-order valence-corrected chi connectivity index (χ0v) is 13.4. The Labute approximate surface area is 119 Å². The summed E-state index contributed by atoms with van der Waals surface area (Å²) in [6.07, 6.45) is 1.19. The van der Waals surface area contributed by atoms with Gasteiger partial charge < -0.3 is 5.11 Å². The summed E-state index contributed by atoms with van der Waals surface area (Å²) in [6.45, 7) is 10.9. The molecule has 0 fully saturated rings. The zero-order chi connectivity index (χ0) is 13.7. The molecule has 0 radical (unpaired) electrons. The van der Waals surface area contributed by atoms with E-state index in [2.05, 4.69) is 48.5 Å². The number of hydrogen-bond donors (Lipinski definition) is 1. The van der Waals surface area contributed by atoms with Crippen molar-refractivity contribution in [3.05, 3.63) is 28.2 Å². The van der Waals surface area contributed by atoms with E-state index in [-0.39, 0.29) is 6.04 Å². The summed E-state index contributed by atoms with van der Waals surface area (Å²) < 4.78 is 1.02. The summed E-state index contributed by atoms with van der Waals surface area (Å²) in [5.74, 6) is 1.06. The van der Waals surface area contributed by atoms with E-state index >= 15 is 0 Å². The highest BCUT2D eigenvalue weighted by atomic mass is 79.9. The van der Waals surface area contributed by atoms with Gasteiger partial charge in [-0.05, 0) is 37.6 Å². The minimum Gasteiger partial charge on any atom is -0.508 e. The Morgan fingerprint density at radius 3 is 2.50 bits per heavy atom. The van der Waals surface area contributed by atoms with Crippen molar-refractivity contribution < 1.29 is 5.11 Å². The lowest BCUT2D eigenvalue weighted by Gasteiger charge is -2.30. The normalized spacial score (nSPS) is 14.8. The number of rotatable bonds is 6. The van der Waals surface area contributed by atoms with E-state index < -0.39 is 0 Å². The van der Waals surface area contributed by atoms with Gasteiger partial charge in [0.1, 0.15) is 5.75 Å². The Balaban J connectivity index is 2.88. The summed E-state index contributed by atoms with van der Waals surface area (Å²) >= 11 is 3.47. The molecule has 3 heteroatoms. The summed E-state index contributed by atoms with van der Waals surface area (Å²) in [6, 6.07) is 5.88. The van der Waals surface area contributed by atoms with Crippen LogP contribution in [0.25, 0.3) is 0 Å². The number of hydrogen-bond acceptors (Lipinski definition) is 2. The van der Waals surface area contributed by atoms with Gasteiger partial charge in [0.25, 0.3) is 0 Å². The summed E-state index contributed by atoms with van der Waals surface area (Å²) in [7, 11) is 0. The molecule has 1 N–H and O–H groups in total. The molecule has 0 saturated carbocycles. The van der Waals surface area contributed by atoms with Crippen LogP contribution in [0.4, 0.5) is 0 Å². The van der Waals surface area contributed by atoms with Gasteiger partial charge in [0, 0.05) is 22.6 Å². The monoisotopic (exact) mass is 313 g/mol. The van der Waals surface area contributed by atoms with E-state index in [9.17, 15) is 5.11 Å². The van der Waals surface area contributed by atoms with Gasteiger partial charge in [-0.2, -0.15) is 0 Å². The molecule has 2 unspecified atom stereocenters. The molecule has 1 aromatic rings. The van der Waals surface area contributed by atoms with Crippen LogP contribution in [0.1, 0.15) is 45.7 Å². The van der Waals surface area contributed by atoms with Gasteiger partial charge in [-0.15, -0.1) is 0 Å². The third-order valence-corrected chi connectivity index (χ3v) is 4.13. The lowest BCUT2D eigenvalue weighted by molar-refractivity contribution is 0.187. The molecule has 2 nitrogen and oxygen atoms in total. The molecule has 1 rings (SSSR count). The van der Waals surface area contributed by atoms with Crippen molar-refractivity contribution in [1.82, 2.24) is 4.90 Å². The fourth-order valence-corrected chi connectivity index (χ4v) is 2.53. The highest BCUT2D eigenvalue weighted by molar-refractivity contribution is 9.10. The lowest BCUT2D eigenvalue weighted by Crippen LogP contribution is -2.31. The first-order valence-electron chi connectivity index (χ1n) is 6.72. The molecule has 0 amide bonds. The Hall–Kier alpha value is -0.540. The summed E-state index contributed by atoms with van der Waals surface area (Å²) in [5, 5.41) is 9.99. The van der Waals surface area contributed by atoms with E-state index in [1.54, 1.807) is 6.07 Å². The molecular weight excluding hydrogens is 290 g/mol. The van der Waals surface area contributed by atoms with Crippen LogP contribution < -0.4 is 0 Å². The first-order chi connectivity index (χ1) is 8.49. The van der Waals surface area contributed by atoms with Crippen LogP contribution >= 0.6 is 15.9 Å². The average molecular weight is 314 g/mol. The quantitative estimate of drug-likeness (QED) is 0.830. The predicted octanol–water partition coefficient (Wildman–Crippen LogP) is 4.58. The second-order valence-electron chi connectivity index (χ2n) is 4.98. The number of benzene rings is 1. The van der Waals surface area contributed by atoms with Crippen LogP contribution in [-0.4, -0.2) is 23.1 Å². The van der Waals surface area contributed by atoms with Gasteiger partial charge in [-0.3, -0.25) is 4.90 Å². The third-order valence-electron chi connectivity index (χ3n) is 3.64. The van der Waals surface area contributed by atoms with Gasteiger partial charge >= 0.3 is 0 Å². The third kappa shape index (κ3) is 3.99. The van der Waals surface area contributed by atoms with Crippen molar-refractivity contribution in [2.75, 3.05) is 13.1 Å². The Morgan fingerprint density at radius 1 is 1.28 bits per heavy atom. The second-order valence-corrected chi connectivity index (χ2v) is 5.90. The molecule has 0 heterocycles. The second kappa shape index (κ2) is 7.15. The minimum absolute atomic E-state index is 0.237. The molecule has 0 bridgehead atoms. The number of phenols is 1. The number of nitrogens with zero attached hydrogens (tertiary/aromatic N) is 1. The van der Waals surface area contributed by atoms with Crippen LogP contribution in [-0.2, 0) is 0 Å². The molecule has 0 aliphatic heterocycles. The molecular formula is C15H24BrNO. The summed E-state index contributed by atoms with van der Waals surface area (Å²) in [4.78, 5) is 2.41. The van der Waals surface area contributed by atoms with Crippen LogP contribution in [0.2, 0.25) is 0 Å². The van der Waals surface area contributed by atoms with Crippen LogP contribution in [0, 0.1) is 5.92 Å². The topological polar surface area (TPSA) is 23.5 Å². The smallest absolute Gasteiger partial charge is 0.120 e. The van der Waals surface area contributed by atoms with Crippen molar-refractivity contribution in [2.45, 2.75) is 40.2 Å². The van der Waals surface area contributed by atoms with Crippen LogP contribution in [0.5, 0.6) is 5.75 Å². The maximum atomic E-state index is 9.99. The molecule has 0 aliphatic carbocycles. The molecule has 1 aromatic carbocycles. The van der Waals surface area contributed by atoms with E-state index in [1.165, 1.54) is 6.42 Å². The van der Waals surface area contributed by atoms with E-state index in [0.717, 1.165) is 23.1 Å². The zero-order valence-electron chi connectivity index (χ0n) is 11.8. The van der Waals surface area contributed by atoms with Crippen molar-refractivity contribution in [1.29, 1.82) is 0 Å².